The first-order valence-corrected chi connectivity index (χ1v) is 30.1. The molecule has 0 radical (unpaired) electrons. The Bertz CT molecular complexity index is 1010. The summed E-state index contributed by atoms with van der Waals surface area (Å²) in [6.07, 6.45) is 15.5. The van der Waals surface area contributed by atoms with Crippen LogP contribution in [0.3, 0.4) is 0 Å². The molecule has 408 valence electrons. The minimum atomic E-state index is 0.712. The maximum absolute atomic E-state index is 2.65. The van der Waals surface area contributed by atoms with Crippen LogP contribution in [0.1, 0.15) is 209 Å². The monoisotopic (exact) mass is 960 g/mol. The first-order chi connectivity index (χ1) is 32.0. The quantitative estimate of drug-likeness (QED) is 0.120. The summed E-state index contributed by atoms with van der Waals surface area (Å²) >= 11 is 0. The van der Waals surface area contributed by atoms with E-state index in [4.69, 9.17) is 0 Å². The van der Waals surface area contributed by atoms with E-state index in [0.717, 1.165) is 71.3 Å². The van der Waals surface area contributed by atoms with E-state index >= 15 is 0 Å². The molecule has 0 aromatic heterocycles. The van der Waals surface area contributed by atoms with Gasteiger partial charge in [0.2, 0.25) is 0 Å². The average Bonchev–Trinajstić information content (AvgIpc) is 3.98. The lowest BCUT2D eigenvalue weighted by Crippen LogP contribution is -2.49. The molecule has 0 aromatic carbocycles. The van der Waals surface area contributed by atoms with Gasteiger partial charge in [0.15, 0.2) is 0 Å². The fourth-order valence-corrected chi connectivity index (χ4v) is 10.3. The molecular weight excluding hydrogens is 831 g/mol. The molecule has 0 saturated carbocycles. The van der Waals surface area contributed by atoms with E-state index in [1.54, 1.807) is 0 Å². The first-order valence-electron chi connectivity index (χ1n) is 30.1. The van der Waals surface area contributed by atoms with Crippen LogP contribution in [0.4, 0.5) is 0 Å². The van der Waals surface area contributed by atoms with Gasteiger partial charge in [-0.25, -0.2) is 0 Å². The lowest BCUT2D eigenvalue weighted by Gasteiger charge is -2.37. The predicted octanol–water partition coefficient (Wildman–Crippen LogP) is 14.0. The molecule has 68 heavy (non-hydrogen) atoms. The summed E-state index contributed by atoms with van der Waals surface area (Å²) in [5, 5.41) is 0. The van der Waals surface area contributed by atoms with Gasteiger partial charge in [-0.05, 0) is 217 Å². The van der Waals surface area contributed by atoms with E-state index < -0.39 is 0 Å². The molecule has 0 N–H and O–H groups in total. The molecule has 0 spiro atoms. The van der Waals surface area contributed by atoms with Crippen molar-refractivity contribution in [2.45, 2.75) is 227 Å². The summed E-state index contributed by atoms with van der Waals surface area (Å²) in [4.78, 5) is 18.2. The summed E-state index contributed by atoms with van der Waals surface area (Å²) in [5.41, 5.74) is 0. The second-order valence-corrected chi connectivity index (χ2v) is 26.4. The van der Waals surface area contributed by atoms with Gasteiger partial charge in [-0.1, -0.05) is 110 Å². The van der Waals surface area contributed by atoms with Crippen LogP contribution >= 0.6 is 0 Å². The summed E-state index contributed by atoms with van der Waals surface area (Å²) in [6, 6.07) is 2.19. The Morgan fingerprint density at radius 3 is 1.03 bits per heavy atom. The van der Waals surface area contributed by atoms with Crippen LogP contribution < -0.4 is 0 Å². The van der Waals surface area contributed by atoms with Crippen molar-refractivity contribution in [3.8, 4) is 0 Å². The van der Waals surface area contributed by atoms with E-state index in [1.807, 2.05) is 0 Å². The standard InChI is InChI=1S/2C13H27N.C12H26N2.C12H25N.C11H24N2/c1-11(2)5-8-14-9-6-13(7-10-14)12(3)4;2*1-11(2)5-6-13-7-9-14(10-8-13)12(3)4;1-10(2)5-7-13-8-6-12(9-13)11(3)4;1-10(2)5-6-12-7-8-13(9-12)11(3)4/h2*11-13H,5-10H2,1-4H3;11-12H,5-10H2,1-4H3;10-12H,5-9H2,1-4H3;10-11H,5-9H2,1-4H3. The minimum Gasteiger partial charge on any atom is -0.303 e. The Morgan fingerprint density at radius 1 is 0.309 bits per heavy atom. The third-order valence-electron chi connectivity index (χ3n) is 16.4. The number of rotatable bonds is 20. The lowest BCUT2D eigenvalue weighted by molar-refractivity contribution is 0.105. The fourth-order valence-electron chi connectivity index (χ4n) is 10.3. The Kier molecular flexibility index (Phi) is 36.2. The van der Waals surface area contributed by atoms with Gasteiger partial charge in [0, 0.05) is 63.9 Å². The predicted molar refractivity (Wildman–Crippen MR) is 306 cm³/mol. The number of hydrogen-bond donors (Lipinski definition) is 0. The largest absolute Gasteiger partial charge is 0.303 e. The van der Waals surface area contributed by atoms with Crippen molar-refractivity contribution in [3.05, 3.63) is 0 Å². The van der Waals surface area contributed by atoms with Crippen LogP contribution in [0.2, 0.25) is 0 Å². The van der Waals surface area contributed by atoms with E-state index in [1.165, 1.54) is 182 Å². The maximum Gasteiger partial charge on any atom is 0.0509 e. The molecule has 0 bridgehead atoms. The summed E-state index contributed by atoms with van der Waals surface area (Å²) in [6.45, 7) is 68.4. The van der Waals surface area contributed by atoms with Crippen molar-refractivity contribution >= 4 is 0 Å². The van der Waals surface area contributed by atoms with Gasteiger partial charge in [-0.2, -0.15) is 0 Å². The third kappa shape index (κ3) is 32.0. The molecule has 0 aromatic rings. The average molecular weight is 961 g/mol. The Labute approximate surface area is 430 Å². The van der Waals surface area contributed by atoms with E-state index in [2.05, 4.69) is 173 Å². The Morgan fingerprint density at radius 2 is 0.647 bits per heavy atom. The summed E-state index contributed by atoms with van der Waals surface area (Å²) in [5.74, 6) is 9.04. The van der Waals surface area contributed by atoms with Crippen LogP contribution in [0, 0.1) is 59.2 Å². The van der Waals surface area contributed by atoms with Crippen LogP contribution in [0.15, 0.2) is 0 Å². The number of nitrogens with zero attached hydrogens (tertiary/aromatic N) is 7. The summed E-state index contributed by atoms with van der Waals surface area (Å²) in [7, 11) is 0. The normalized spacial score (nSPS) is 21.7. The van der Waals surface area contributed by atoms with Crippen molar-refractivity contribution in [3.63, 3.8) is 0 Å². The molecule has 1 atom stereocenters. The van der Waals surface area contributed by atoms with Gasteiger partial charge >= 0.3 is 0 Å². The molecule has 7 nitrogen and oxygen atoms in total. The highest BCUT2D eigenvalue weighted by Crippen LogP contribution is 2.27. The van der Waals surface area contributed by atoms with Gasteiger partial charge in [-0.15, -0.1) is 0 Å². The molecule has 5 fully saturated rings. The second kappa shape index (κ2) is 37.5. The molecule has 5 aliphatic heterocycles. The number of piperazine rings is 1. The van der Waals surface area contributed by atoms with E-state index in [-0.39, 0.29) is 0 Å². The first kappa shape index (κ1) is 65.7. The zero-order chi connectivity index (χ0) is 51.3. The molecule has 5 heterocycles. The third-order valence-corrected chi connectivity index (χ3v) is 16.4. The molecule has 0 amide bonds. The van der Waals surface area contributed by atoms with Crippen molar-refractivity contribution in [2.24, 2.45) is 59.2 Å². The number of likely N-dealkylation sites (tertiary alicyclic amines) is 3. The van der Waals surface area contributed by atoms with E-state index in [0.29, 0.717) is 6.04 Å². The SMILES string of the molecule is CC(C)CCC1CCN(C(C)C)CC1.CC(C)CCN1CCC(C(C)C)C1.CC(C)CCN1CCC(C(C)C)CC1.CC(C)CCN1CCN(C(C)C)C1.CC(C)CCN1CCN(C(C)C)CC1. The van der Waals surface area contributed by atoms with E-state index in [9.17, 15) is 0 Å². The van der Waals surface area contributed by atoms with Crippen molar-refractivity contribution in [2.75, 3.05) is 111 Å². The molecule has 5 saturated heterocycles. The van der Waals surface area contributed by atoms with Gasteiger partial charge in [0.25, 0.3) is 0 Å². The smallest absolute Gasteiger partial charge is 0.0509 e. The van der Waals surface area contributed by atoms with Gasteiger partial charge in [0.1, 0.15) is 0 Å². The van der Waals surface area contributed by atoms with Crippen LogP contribution in [0.5, 0.6) is 0 Å². The van der Waals surface area contributed by atoms with Crippen LogP contribution in [-0.4, -0.2) is 164 Å². The molecule has 5 aliphatic rings. The van der Waals surface area contributed by atoms with Crippen LogP contribution in [-0.2, 0) is 0 Å². The van der Waals surface area contributed by atoms with Crippen LogP contribution in [0.25, 0.3) is 0 Å². The zero-order valence-corrected chi connectivity index (χ0v) is 50.4. The number of piperidine rings is 2. The topological polar surface area (TPSA) is 22.7 Å². The molecule has 1 unspecified atom stereocenters. The maximum atomic E-state index is 2.65. The van der Waals surface area contributed by atoms with Gasteiger partial charge in [0.05, 0.1) is 6.67 Å². The molecule has 5 rings (SSSR count). The van der Waals surface area contributed by atoms with Crippen molar-refractivity contribution in [1.82, 2.24) is 34.3 Å². The van der Waals surface area contributed by atoms with Gasteiger partial charge in [-0.3, -0.25) is 14.7 Å². The molecule has 0 aliphatic carbocycles. The fraction of sp³-hybridized carbons (Fsp3) is 1.00. The Balaban J connectivity index is 0.000000425. The van der Waals surface area contributed by atoms with Crippen molar-refractivity contribution < 1.29 is 0 Å². The highest BCUT2D eigenvalue weighted by molar-refractivity contribution is 4.79. The van der Waals surface area contributed by atoms with Crippen molar-refractivity contribution in [1.29, 1.82) is 0 Å². The summed E-state index contributed by atoms with van der Waals surface area (Å²) < 4.78 is 0. The lowest BCUT2D eigenvalue weighted by atomic mass is 9.86. The molecular formula is C61H129N7. The molecule has 7 heteroatoms. The highest BCUT2D eigenvalue weighted by Gasteiger charge is 2.26. The Hall–Kier alpha value is -0.280. The van der Waals surface area contributed by atoms with Gasteiger partial charge < -0.3 is 19.6 Å². The second-order valence-electron chi connectivity index (χ2n) is 26.4. The zero-order valence-electron chi connectivity index (χ0n) is 50.4. The highest BCUT2D eigenvalue weighted by atomic mass is 15.4. The number of hydrogen-bond acceptors (Lipinski definition) is 7. The minimum absolute atomic E-state index is 0.712.